The van der Waals surface area contributed by atoms with Crippen molar-refractivity contribution in [1.29, 1.82) is 0 Å². The molecule has 7 nitrogen and oxygen atoms in total. The molecule has 126 valence electrons. The van der Waals surface area contributed by atoms with Gasteiger partial charge in [0.1, 0.15) is 6.04 Å². The molecule has 0 aliphatic rings. The largest absolute Gasteiger partial charge is 0.467 e. The topological polar surface area (TPSA) is 94.8 Å². The van der Waals surface area contributed by atoms with Crippen LogP contribution in [0.2, 0.25) is 0 Å². The van der Waals surface area contributed by atoms with Crippen LogP contribution in [0.15, 0.2) is 53.1 Å². The number of hydrogen-bond acceptors (Lipinski definition) is 6. The summed E-state index contributed by atoms with van der Waals surface area (Å²) in [7, 11) is 1.24. The highest BCUT2D eigenvalue weighted by Crippen LogP contribution is 2.05. The molecule has 0 aliphatic carbocycles. The first-order valence-corrected chi connectivity index (χ1v) is 7.22. The first-order valence-electron chi connectivity index (χ1n) is 7.22. The second kappa shape index (κ2) is 8.52. The number of hydrogen-bond donors (Lipinski definition) is 1. The molecule has 0 bridgehead atoms. The zero-order chi connectivity index (χ0) is 17.4. The van der Waals surface area contributed by atoms with Crippen molar-refractivity contribution in [2.45, 2.75) is 12.5 Å². The van der Waals surface area contributed by atoms with Gasteiger partial charge in [0.25, 0.3) is 5.91 Å². The summed E-state index contributed by atoms with van der Waals surface area (Å²) in [4.78, 5) is 35.3. The van der Waals surface area contributed by atoms with E-state index in [4.69, 9.17) is 13.9 Å². The molecule has 1 heterocycles. The van der Waals surface area contributed by atoms with Crippen molar-refractivity contribution in [1.82, 2.24) is 5.32 Å². The summed E-state index contributed by atoms with van der Waals surface area (Å²) >= 11 is 0. The van der Waals surface area contributed by atoms with E-state index in [1.54, 1.807) is 0 Å². The standard InChI is InChI=1S/C17H17NO6/c1-22-16(20)13(10-12-6-3-2-4-7-12)18-15(19)11-24-17(21)14-8-5-9-23-14/h2-9,13H,10-11H2,1H3,(H,18,19)/t13-/m1/s1. The predicted octanol–water partition coefficient (Wildman–Crippen LogP) is 1.34. The van der Waals surface area contributed by atoms with Crippen LogP contribution in [0.25, 0.3) is 0 Å². The van der Waals surface area contributed by atoms with Crippen LogP contribution < -0.4 is 5.32 Å². The molecule has 0 unspecified atom stereocenters. The summed E-state index contributed by atoms with van der Waals surface area (Å²) in [6.45, 7) is -0.526. The second-order valence-electron chi connectivity index (χ2n) is 4.89. The van der Waals surface area contributed by atoms with Gasteiger partial charge in [-0.15, -0.1) is 0 Å². The van der Waals surface area contributed by atoms with Crippen LogP contribution in [-0.2, 0) is 25.5 Å². The Bertz CT molecular complexity index is 680. The minimum Gasteiger partial charge on any atom is -0.467 e. The molecule has 2 rings (SSSR count). The van der Waals surface area contributed by atoms with Gasteiger partial charge in [-0.05, 0) is 17.7 Å². The number of rotatable bonds is 7. The number of esters is 2. The van der Waals surface area contributed by atoms with Crippen molar-refractivity contribution >= 4 is 17.8 Å². The lowest BCUT2D eigenvalue weighted by Crippen LogP contribution is -2.44. The lowest BCUT2D eigenvalue weighted by atomic mass is 10.1. The molecule has 0 fully saturated rings. The lowest BCUT2D eigenvalue weighted by molar-refractivity contribution is -0.145. The fourth-order valence-electron chi connectivity index (χ4n) is 2.02. The van der Waals surface area contributed by atoms with Crippen molar-refractivity contribution in [2.24, 2.45) is 0 Å². The van der Waals surface area contributed by atoms with E-state index in [1.807, 2.05) is 30.3 Å². The fourth-order valence-corrected chi connectivity index (χ4v) is 2.02. The average molecular weight is 331 g/mol. The van der Waals surface area contributed by atoms with Crippen molar-refractivity contribution < 1.29 is 28.3 Å². The van der Waals surface area contributed by atoms with Crippen LogP contribution >= 0.6 is 0 Å². The van der Waals surface area contributed by atoms with E-state index in [1.165, 1.54) is 25.5 Å². The second-order valence-corrected chi connectivity index (χ2v) is 4.89. The number of nitrogens with one attached hydrogen (secondary N) is 1. The monoisotopic (exact) mass is 331 g/mol. The van der Waals surface area contributed by atoms with E-state index in [-0.39, 0.29) is 12.2 Å². The van der Waals surface area contributed by atoms with E-state index in [0.717, 1.165) is 5.56 Å². The van der Waals surface area contributed by atoms with Crippen LogP contribution in [0.1, 0.15) is 16.1 Å². The summed E-state index contributed by atoms with van der Waals surface area (Å²) in [6, 6.07) is 11.3. The van der Waals surface area contributed by atoms with Gasteiger partial charge in [0.05, 0.1) is 13.4 Å². The third-order valence-corrected chi connectivity index (χ3v) is 3.16. The Kier molecular flexibility index (Phi) is 6.13. The molecule has 0 saturated carbocycles. The van der Waals surface area contributed by atoms with Gasteiger partial charge in [0.15, 0.2) is 6.61 Å². The molecular weight excluding hydrogens is 314 g/mol. The van der Waals surface area contributed by atoms with E-state index in [9.17, 15) is 14.4 Å². The molecule has 0 spiro atoms. The Labute approximate surface area is 138 Å². The smallest absolute Gasteiger partial charge is 0.374 e. The molecule has 1 aromatic heterocycles. The molecule has 1 aromatic carbocycles. The highest BCUT2D eigenvalue weighted by Gasteiger charge is 2.23. The molecule has 24 heavy (non-hydrogen) atoms. The van der Waals surface area contributed by atoms with Crippen LogP contribution in [0.4, 0.5) is 0 Å². The number of amides is 1. The average Bonchev–Trinajstić information content (AvgIpc) is 3.14. The summed E-state index contributed by atoms with van der Waals surface area (Å²) in [5.41, 5.74) is 0.862. The Balaban J connectivity index is 1.89. The number of carbonyl (C=O) groups excluding carboxylic acids is 3. The molecule has 7 heteroatoms. The van der Waals surface area contributed by atoms with Gasteiger partial charge in [-0.25, -0.2) is 9.59 Å². The highest BCUT2D eigenvalue weighted by atomic mass is 16.5. The van der Waals surface area contributed by atoms with Crippen LogP contribution in [0, 0.1) is 0 Å². The van der Waals surface area contributed by atoms with E-state index >= 15 is 0 Å². The maximum atomic E-state index is 11.9. The molecule has 0 saturated heterocycles. The van der Waals surface area contributed by atoms with Crippen LogP contribution in [-0.4, -0.2) is 37.6 Å². The summed E-state index contributed by atoms with van der Waals surface area (Å²) in [6.07, 6.45) is 1.59. The minimum atomic E-state index is -0.868. The summed E-state index contributed by atoms with van der Waals surface area (Å²) < 4.78 is 14.4. The van der Waals surface area contributed by atoms with Gasteiger partial charge in [0.2, 0.25) is 5.76 Å². The van der Waals surface area contributed by atoms with Gasteiger partial charge in [-0.3, -0.25) is 4.79 Å². The number of methoxy groups -OCH3 is 1. The number of carbonyl (C=O) groups is 3. The Morgan fingerprint density at radius 2 is 1.88 bits per heavy atom. The van der Waals surface area contributed by atoms with Crippen LogP contribution in [0.5, 0.6) is 0 Å². The van der Waals surface area contributed by atoms with Gasteiger partial charge < -0.3 is 19.2 Å². The molecule has 1 atom stereocenters. The Hall–Kier alpha value is -3.09. The van der Waals surface area contributed by atoms with Crippen molar-refractivity contribution in [3.8, 4) is 0 Å². The van der Waals surface area contributed by atoms with E-state index in [2.05, 4.69) is 5.32 Å². The number of benzene rings is 1. The number of furan rings is 1. The van der Waals surface area contributed by atoms with Crippen LogP contribution in [0.3, 0.4) is 0 Å². The molecule has 0 radical (unpaired) electrons. The lowest BCUT2D eigenvalue weighted by Gasteiger charge is -2.16. The van der Waals surface area contributed by atoms with Gasteiger partial charge in [-0.2, -0.15) is 0 Å². The van der Waals surface area contributed by atoms with E-state index in [0.29, 0.717) is 0 Å². The van der Waals surface area contributed by atoms with Gasteiger partial charge in [-0.1, -0.05) is 30.3 Å². The third kappa shape index (κ3) is 4.98. The molecule has 1 amide bonds. The first kappa shape index (κ1) is 17.3. The van der Waals surface area contributed by atoms with Crippen molar-refractivity contribution in [3.05, 3.63) is 60.1 Å². The molecule has 2 aromatic rings. The number of ether oxygens (including phenoxy) is 2. The fraction of sp³-hybridized carbons (Fsp3) is 0.235. The Morgan fingerprint density at radius 3 is 2.50 bits per heavy atom. The predicted molar refractivity (Wildman–Crippen MR) is 83.1 cm³/mol. The van der Waals surface area contributed by atoms with E-state index < -0.39 is 30.5 Å². The molecule has 1 N–H and O–H groups in total. The van der Waals surface area contributed by atoms with Gasteiger partial charge >= 0.3 is 11.9 Å². The molecule has 0 aliphatic heterocycles. The third-order valence-electron chi connectivity index (χ3n) is 3.16. The van der Waals surface area contributed by atoms with Gasteiger partial charge in [0, 0.05) is 6.42 Å². The van der Waals surface area contributed by atoms with Crippen molar-refractivity contribution in [3.63, 3.8) is 0 Å². The molecular formula is C17H17NO6. The maximum Gasteiger partial charge on any atom is 0.374 e. The SMILES string of the molecule is COC(=O)[C@@H](Cc1ccccc1)NC(=O)COC(=O)c1ccco1. The van der Waals surface area contributed by atoms with Crippen molar-refractivity contribution in [2.75, 3.05) is 13.7 Å². The summed E-state index contributed by atoms with van der Waals surface area (Å²) in [5.74, 6) is -1.95. The highest BCUT2D eigenvalue weighted by molar-refractivity contribution is 5.90. The first-order chi connectivity index (χ1) is 11.6. The quantitative estimate of drug-likeness (QED) is 0.769. The zero-order valence-corrected chi connectivity index (χ0v) is 13.1. The Morgan fingerprint density at radius 1 is 1.12 bits per heavy atom. The summed E-state index contributed by atoms with van der Waals surface area (Å²) in [5, 5.41) is 2.50. The normalized spacial score (nSPS) is 11.4. The zero-order valence-electron chi connectivity index (χ0n) is 13.1. The maximum absolute atomic E-state index is 11.9. The minimum absolute atomic E-state index is 0.00314.